The maximum absolute atomic E-state index is 12.3. The van der Waals surface area contributed by atoms with Gasteiger partial charge in [-0.1, -0.05) is 17.3 Å². The van der Waals surface area contributed by atoms with E-state index in [1.165, 1.54) is 15.6 Å². The van der Waals surface area contributed by atoms with Gasteiger partial charge in [0.25, 0.3) is 5.56 Å². The zero-order valence-electron chi connectivity index (χ0n) is 13.1. The van der Waals surface area contributed by atoms with E-state index in [1.807, 2.05) is 32.0 Å². The second-order valence-electron chi connectivity index (χ2n) is 5.36. The number of carbonyl (C=O) groups is 1. The first-order valence-electron chi connectivity index (χ1n) is 7.08. The van der Waals surface area contributed by atoms with Crippen LogP contribution in [0.1, 0.15) is 11.1 Å². The average molecular weight is 312 g/mol. The van der Waals surface area contributed by atoms with E-state index in [1.54, 1.807) is 7.05 Å². The van der Waals surface area contributed by atoms with Gasteiger partial charge in [-0.25, -0.2) is 9.67 Å². The van der Waals surface area contributed by atoms with Crippen LogP contribution in [0.25, 0.3) is 11.2 Å². The number of anilines is 1. The molecule has 23 heavy (non-hydrogen) atoms. The molecule has 0 atom stereocenters. The molecule has 0 spiro atoms. The fraction of sp³-hybridized carbons (Fsp3) is 0.267. The van der Waals surface area contributed by atoms with Gasteiger partial charge in [-0.2, -0.15) is 0 Å². The lowest BCUT2D eigenvalue weighted by Crippen LogP contribution is -2.28. The third kappa shape index (κ3) is 2.70. The normalized spacial score (nSPS) is 10.9. The predicted molar refractivity (Wildman–Crippen MR) is 85.1 cm³/mol. The minimum Gasteiger partial charge on any atom is -0.324 e. The van der Waals surface area contributed by atoms with E-state index < -0.39 is 0 Å². The lowest BCUT2D eigenvalue weighted by Gasteiger charge is -2.11. The van der Waals surface area contributed by atoms with Crippen molar-refractivity contribution in [3.63, 3.8) is 0 Å². The lowest BCUT2D eigenvalue weighted by molar-refractivity contribution is -0.116. The standard InChI is InChI=1S/C15H16N6O2/c1-9-5-4-6-11(10(9)2)17-12(22)7-21-8-16-14-13(15(21)23)18-19-20(14)3/h4-6,8H,7H2,1-3H3,(H,17,22). The maximum Gasteiger partial charge on any atom is 0.283 e. The van der Waals surface area contributed by atoms with Gasteiger partial charge in [0, 0.05) is 12.7 Å². The molecule has 1 amide bonds. The SMILES string of the molecule is Cc1cccc(NC(=O)Cn2cnc3c(nnn3C)c2=O)c1C. The Morgan fingerprint density at radius 2 is 2.09 bits per heavy atom. The van der Waals surface area contributed by atoms with Crippen LogP contribution in [0.3, 0.4) is 0 Å². The van der Waals surface area contributed by atoms with Crippen molar-refractivity contribution in [1.82, 2.24) is 24.5 Å². The number of nitrogens with zero attached hydrogens (tertiary/aromatic N) is 5. The molecule has 3 aromatic rings. The largest absolute Gasteiger partial charge is 0.324 e. The zero-order valence-corrected chi connectivity index (χ0v) is 13.1. The molecule has 2 heterocycles. The minimum atomic E-state index is -0.390. The van der Waals surface area contributed by atoms with E-state index in [-0.39, 0.29) is 23.5 Å². The van der Waals surface area contributed by atoms with E-state index in [0.29, 0.717) is 5.65 Å². The van der Waals surface area contributed by atoms with Crippen molar-refractivity contribution in [3.05, 3.63) is 46.0 Å². The zero-order chi connectivity index (χ0) is 16.6. The summed E-state index contributed by atoms with van der Waals surface area (Å²) < 4.78 is 2.63. The van der Waals surface area contributed by atoms with Gasteiger partial charge in [-0.05, 0) is 31.0 Å². The molecule has 0 fully saturated rings. The second-order valence-corrected chi connectivity index (χ2v) is 5.36. The number of fused-ring (bicyclic) bond motifs is 1. The lowest BCUT2D eigenvalue weighted by atomic mass is 10.1. The fourth-order valence-electron chi connectivity index (χ4n) is 2.29. The molecule has 0 radical (unpaired) electrons. The monoisotopic (exact) mass is 312 g/mol. The third-order valence-corrected chi connectivity index (χ3v) is 3.77. The van der Waals surface area contributed by atoms with Crippen LogP contribution >= 0.6 is 0 Å². The van der Waals surface area contributed by atoms with Gasteiger partial charge in [0.2, 0.25) is 5.91 Å². The van der Waals surface area contributed by atoms with Crippen LogP contribution in [0, 0.1) is 13.8 Å². The van der Waals surface area contributed by atoms with E-state index in [9.17, 15) is 9.59 Å². The molecule has 1 aromatic carbocycles. The van der Waals surface area contributed by atoms with Crippen molar-refractivity contribution in [2.75, 3.05) is 5.32 Å². The van der Waals surface area contributed by atoms with E-state index in [4.69, 9.17) is 0 Å². The summed E-state index contributed by atoms with van der Waals surface area (Å²) in [7, 11) is 1.65. The first kappa shape index (κ1) is 14.9. The summed E-state index contributed by atoms with van der Waals surface area (Å²) in [6, 6.07) is 5.67. The maximum atomic E-state index is 12.3. The summed E-state index contributed by atoms with van der Waals surface area (Å²) in [5.74, 6) is -0.300. The molecule has 0 saturated heterocycles. The van der Waals surface area contributed by atoms with Gasteiger partial charge in [0.15, 0.2) is 11.2 Å². The molecule has 0 aliphatic rings. The van der Waals surface area contributed by atoms with Crippen LogP contribution in [0.15, 0.2) is 29.3 Å². The summed E-state index contributed by atoms with van der Waals surface area (Å²) in [6.45, 7) is 3.78. The minimum absolute atomic E-state index is 0.133. The van der Waals surface area contributed by atoms with E-state index in [2.05, 4.69) is 20.6 Å². The van der Waals surface area contributed by atoms with Crippen molar-refractivity contribution < 1.29 is 4.79 Å². The molecule has 0 bridgehead atoms. The molecule has 2 aromatic heterocycles. The summed E-state index contributed by atoms with van der Waals surface area (Å²) in [6.07, 6.45) is 1.33. The molecule has 8 heteroatoms. The number of nitrogens with one attached hydrogen (secondary N) is 1. The number of aryl methyl sites for hydroxylation is 2. The van der Waals surface area contributed by atoms with Crippen molar-refractivity contribution in [2.24, 2.45) is 7.05 Å². The number of benzene rings is 1. The van der Waals surface area contributed by atoms with Crippen LogP contribution in [0.5, 0.6) is 0 Å². The summed E-state index contributed by atoms with van der Waals surface area (Å²) in [5, 5.41) is 10.3. The van der Waals surface area contributed by atoms with Gasteiger partial charge >= 0.3 is 0 Å². The van der Waals surface area contributed by atoms with Crippen LogP contribution in [-0.4, -0.2) is 30.5 Å². The van der Waals surface area contributed by atoms with Crippen molar-refractivity contribution in [1.29, 1.82) is 0 Å². The number of aromatic nitrogens is 5. The summed E-state index contributed by atoms with van der Waals surface area (Å²) in [5.41, 5.74) is 2.96. The Morgan fingerprint density at radius 1 is 1.30 bits per heavy atom. The molecule has 0 saturated carbocycles. The van der Waals surface area contributed by atoms with Crippen LogP contribution in [-0.2, 0) is 18.4 Å². The Hall–Kier alpha value is -3.03. The Labute approximate surface area is 131 Å². The first-order valence-corrected chi connectivity index (χ1v) is 7.08. The first-order chi connectivity index (χ1) is 11.0. The highest BCUT2D eigenvalue weighted by Crippen LogP contribution is 2.17. The van der Waals surface area contributed by atoms with Gasteiger partial charge in [0.05, 0.1) is 0 Å². The second kappa shape index (κ2) is 5.64. The van der Waals surface area contributed by atoms with Crippen LogP contribution < -0.4 is 10.9 Å². The molecular formula is C15H16N6O2. The van der Waals surface area contributed by atoms with Crippen LogP contribution in [0.2, 0.25) is 0 Å². The number of hydrogen-bond acceptors (Lipinski definition) is 5. The molecule has 8 nitrogen and oxygen atoms in total. The molecular weight excluding hydrogens is 296 g/mol. The Bertz CT molecular complexity index is 956. The molecule has 3 rings (SSSR count). The molecule has 0 aliphatic heterocycles. The molecule has 1 N–H and O–H groups in total. The Balaban J connectivity index is 1.84. The van der Waals surface area contributed by atoms with Crippen molar-refractivity contribution >= 4 is 22.8 Å². The van der Waals surface area contributed by atoms with Gasteiger partial charge in [0.1, 0.15) is 12.9 Å². The molecule has 118 valence electrons. The van der Waals surface area contributed by atoms with E-state index in [0.717, 1.165) is 16.8 Å². The average Bonchev–Trinajstić information content (AvgIpc) is 2.89. The number of rotatable bonds is 3. The fourth-order valence-corrected chi connectivity index (χ4v) is 2.29. The number of carbonyl (C=O) groups excluding carboxylic acids is 1. The topological polar surface area (TPSA) is 94.7 Å². The highest BCUT2D eigenvalue weighted by Gasteiger charge is 2.13. The van der Waals surface area contributed by atoms with Crippen LogP contribution in [0.4, 0.5) is 5.69 Å². The Morgan fingerprint density at radius 3 is 2.87 bits per heavy atom. The molecule has 0 unspecified atom stereocenters. The van der Waals surface area contributed by atoms with Gasteiger partial charge in [-0.3, -0.25) is 14.2 Å². The predicted octanol–water partition coefficient (Wildman–Crippen LogP) is 0.781. The summed E-state index contributed by atoms with van der Waals surface area (Å²) >= 11 is 0. The van der Waals surface area contributed by atoms with Gasteiger partial charge < -0.3 is 5.32 Å². The number of hydrogen-bond donors (Lipinski definition) is 1. The third-order valence-electron chi connectivity index (χ3n) is 3.77. The van der Waals surface area contributed by atoms with Crippen molar-refractivity contribution in [3.8, 4) is 0 Å². The van der Waals surface area contributed by atoms with Crippen molar-refractivity contribution in [2.45, 2.75) is 20.4 Å². The number of amides is 1. The van der Waals surface area contributed by atoms with Gasteiger partial charge in [-0.15, -0.1) is 5.10 Å². The quantitative estimate of drug-likeness (QED) is 0.771. The molecule has 0 aliphatic carbocycles. The Kier molecular flexibility index (Phi) is 3.65. The van der Waals surface area contributed by atoms with E-state index >= 15 is 0 Å². The highest BCUT2D eigenvalue weighted by atomic mass is 16.2. The summed E-state index contributed by atoms with van der Waals surface area (Å²) in [4.78, 5) is 28.6. The highest BCUT2D eigenvalue weighted by molar-refractivity contribution is 5.91. The smallest absolute Gasteiger partial charge is 0.283 e.